The average Bonchev–Trinajstić information content (AvgIpc) is 3.50. The zero-order valence-electron chi connectivity index (χ0n) is 28.4. The van der Waals surface area contributed by atoms with E-state index in [-0.39, 0.29) is 69.4 Å². The Kier molecular flexibility index (Phi) is 12.6. The molecule has 19 heteroatoms. The molecule has 0 bridgehead atoms. The van der Waals surface area contributed by atoms with Crippen LogP contribution in [0.4, 0.5) is 23.2 Å². The first-order chi connectivity index (χ1) is 25.3. The third-order valence-corrected chi connectivity index (χ3v) is 9.67. The van der Waals surface area contributed by atoms with E-state index in [1.165, 1.54) is 29.8 Å². The lowest BCUT2D eigenvalue weighted by molar-refractivity contribution is -0.144. The largest absolute Gasteiger partial charge is 0.483 e. The van der Waals surface area contributed by atoms with Crippen LogP contribution in [0.25, 0.3) is 11.3 Å². The molecule has 3 saturated heterocycles. The summed E-state index contributed by atoms with van der Waals surface area (Å²) in [4.78, 5) is 69.7. The number of carbonyl (C=O) groups excluding carboxylic acids is 4. The number of carbonyl (C=O) groups is 5. The third-order valence-electron chi connectivity index (χ3n) is 9.35. The van der Waals surface area contributed by atoms with E-state index < -0.39 is 29.9 Å². The van der Waals surface area contributed by atoms with Gasteiger partial charge in [-0.2, -0.15) is 13.2 Å². The number of aromatic nitrogens is 2. The topological polar surface area (TPSA) is 166 Å². The number of piperazine rings is 1. The summed E-state index contributed by atoms with van der Waals surface area (Å²) in [6, 6.07) is 6.23. The van der Waals surface area contributed by atoms with Gasteiger partial charge in [-0.25, -0.2) is 9.37 Å². The molecular weight excluding hydrogens is 730 g/mol. The maximum atomic E-state index is 14.7. The van der Waals surface area contributed by atoms with Gasteiger partial charge in [0, 0.05) is 76.6 Å². The molecule has 3 fully saturated rings. The second kappa shape index (κ2) is 17.1. The zero-order chi connectivity index (χ0) is 38.4. The molecule has 0 spiro atoms. The Morgan fingerprint density at radius 3 is 2.13 bits per heavy atom. The van der Waals surface area contributed by atoms with E-state index in [4.69, 9.17) is 21.5 Å². The van der Waals surface area contributed by atoms with Gasteiger partial charge in [0.05, 0.1) is 28.4 Å². The lowest BCUT2D eigenvalue weighted by Gasteiger charge is -2.40. The number of imidazole rings is 1. The highest BCUT2D eigenvalue weighted by molar-refractivity contribution is 6.34. The number of alkyl halides is 2. The van der Waals surface area contributed by atoms with Gasteiger partial charge >= 0.3 is 6.61 Å². The van der Waals surface area contributed by atoms with E-state index in [2.05, 4.69) is 20.4 Å². The normalized spacial score (nSPS) is 16.4. The Morgan fingerprint density at radius 2 is 1.55 bits per heavy atom. The number of likely N-dealkylation sites (tertiary alicyclic amines) is 1. The molecule has 0 aliphatic carbocycles. The SMILES string of the molecule is Cn1c(-c2ccc(OC(F)F)c(F)c2F)cnc1C(=O)Nc1ccc(C(=O)N2CCN(C(=O)C3CCN(C(=O)C4CNC4)CC3)CC2)c(Cl)c1.O=CO. The minimum absolute atomic E-state index is 0.00466. The summed E-state index contributed by atoms with van der Waals surface area (Å²) in [5, 5.41) is 12.7. The number of hydrogen-bond acceptors (Lipinski definition) is 8. The minimum Gasteiger partial charge on any atom is -0.483 e. The van der Waals surface area contributed by atoms with Gasteiger partial charge in [0.1, 0.15) is 0 Å². The van der Waals surface area contributed by atoms with Gasteiger partial charge in [-0.05, 0) is 43.2 Å². The summed E-state index contributed by atoms with van der Waals surface area (Å²) in [7, 11) is 1.39. The fourth-order valence-corrected chi connectivity index (χ4v) is 6.63. The number of anilines is 1. The molecule has 3 aliphatic rings. The van der Waals surface area contributed by atoms with Crippen LogP contribution in [0.15, 0.2) is 36.5 Å². The molecule has 2 aromatic carbocycles. The summed E-state index contributed by atoms with van der Waals surface area (Å²) in [5.74, 6) is -5.17. The van der Waals surface area contributed by atoms with Crippen molar-refractivity contribution in [2.75, 3.05) is 57.7 Å². The summed E-state index contributed by atoms with van der Waals surface area (Å²) >= 11 is 6.46. The van der Waals surface area contributed by atoms with Crippen LogP contribution < -0.4 is 15.4 Å². The van der Waals surface area contributed by atoms with Crippen LogP contribution in [-0.2, 0) is 21.4 Å². The van der Waals surface area contributed by atoms with E-state index in [1.807, 2.05) is 4.90 Å². The quantitative estimate of drug-likeness (QED) is 0.231. The molecule has 0 atom stereocenters. The smallest absolute Gasteiger partial charge is 0.387 e. The molecule has 1 aromatic heterocycles. The lowest BCUT2D eigenvalue weighted by atomic mass is 9.93. The number of ether oxygens (including phenoxy) is 1. The number of rotatable bonds is 8. The van der Waals surface area contributed by atoms with Crippen molar-refractivity contribution >= 4 is 47.4 Å². The van der Waals surface area contributed by atoms with Crippen molar-refractivity contribution in [1.29, 1.82) is 0 Å². The summed E-state index contributed by atoms with van der Waals surface area (Å²) < 4.78 is 59.2. The zero-order valence-corrected chi connectivity index (χ0v) is 29.1. The first kappa shape index (κ1) is 39.0. The van der Waals surface area contributed by atoms with E-state index in [0.717, 1.165) is 18.3 Å². The molecule has 6 rings (SSSR count). The van der Waals surface area contributed by atoms with Gasteiger partial charge in [0.25, 0.3) is 18.3 Å². The predicted molar refractivity (Wildman–Crippen MR) is 181 cm³/mol. The van der Waals surface area contributed by atoms with Crippen LogP contribution >= 0.6 is 11.6 Å². The summed E-state index contributed by atoms with van der Waals surface area (Å²) in [6.45, 7) is 0.350. The Bertz CT molecular complexity index is 1860. The van der Waals surface area contributed by atoms with Crippen LogP contribution in [-0.4, -0.2) is 118 Å². The van der Waals surface area contributed by atoms with Crippen molar-refractivity contribution in [3.63, 3.8) is 0 Å². The number of benzene rings is 2. The average molecular weight is 766 g/mol. The number of hydrogen-bond donors (Lipinski definition) is 3. The monoisotopic (exact) mass is 765 g/mol. The second-order valence-electron chi connectivity index (χ2n) is 12.5. The maximum Gasteiger partial charge on any atom is 0.387 e. The Balaban J connectivity index is 0.00000175. The number of nitrogens with one attached hydrogen (secondary N) is 2. The van der Waals surface area contributed by atoms with Gasteiger partial charge in [-0.3, -0.25) is 24.0 Å². The van der Waals surface area contributed by atoms with Crippen molar-refractivity contribution in [2.45, 2.75) is 19.5 Å². The Hall–Kier alpha value is -5.23. The van der Waals surface area contributed by atoms with Gasteiger partial charge in [-0.1, -0.05) is 11.6 Å². The van der Waals surface area contributed by atoms with Crippen LogP contribution in [0.3, 0.4) is 0 Å². The molecule has 0 radical (unpaired) electrons. The molecule has 0 saturated carbocycles. The maximum absolute atomic E-state index is 14.7. The molecule has 4 amide bonds. The molecular formula is C34H36ClF4N7O7. The van der Waals surface area contributed by atoms with E-state index in [9.17, 15) is 36.7 Å². The number of amides is 4. The van der Waals surface area contributed by atoms with Gasteiger partial charge < -0.3 is 39.7 Å². The molecule has 3 aliphatic heterocycles. The molecule has 284 valence electrons. The van der Waals surface area contributed by atoms with Crippen LogP contribution in [0.5, 0.6) is 5.75 Å². The highest BCUT2D eigenvalue weighted by Gasteiger charge is 2.36. The van der Waals surface area contributed by atoms with Crippen LogP contribution in [0.1, 0.15) is 33.8 Å². The fraction of sp³-hybridized carbons (Fsp3) is 0.412. The Morgan fingerprint density at radius 1 is 0.943 bits per heavy atom. The molecule has 3 aromatic rings. The second-order valence-corrected chi connectivity index (χ2v) is 12.9. The highest BCUT2D eigenvalue weighted by Crippen LogP contribution is 2.31. The highest BCUT2D eigenvalue weighted by atomic mass is 35.5. The number of piperidine rings is 1. The third kappa shape index (κ3) is 8.71. The lowest BCUT2D eigenvalue weighted by Crippen LogP contribution is -2.55. The molecule has 14 nitrogen and oxygen atoms in total. The van der Waals surface area contributed by atoms with E-state index in [0.29, 0.717) is 65.2 Å². The van der Waals surface area contributed by atoms with E-state index in [1.54, 1.807) is 9.80 Å². The molecule has 53 heavy (non-hydrogen) atoms. The van der Waals surface area contributed by atoms with Gasteiger partial charge in [-0.15, -0.1) is 0 Å². The first-order valence-corrected chi connectivity index (χ1v) is 16.9. The number of halogens is 5. The van der Waals surface area contributed by atoms with Crippen LogP contribution in [0, 0.1) is 23.5 Å². The molecule has 0 unspecified atom stereocenters. The van der Waals surface area contributed by atoms with Crippen molar-refractivity contribution in [3.05, 3.63) is 64.6 Å². The van der Waals surface area contributed by atoms with Crippen molar-refractivity contribution < 1.29 is 51.4 Å². The van der Waals surface area contributed by atoms with Gasteiger partial charge in [0.2, 0.25) is 17.6 Å². The fourth-order valence-electron chi connectivity index (χ4n) is 6.37. The standard InChI is InChI=1S/C33H34ClF4N7O5.CH2O2/c1-42-24(22-4-5-25(50-33(37)38)27(36)26(22)35)17-40-28(42)29(46)41-20-2-3-21(23(34)14-20)32(49)45-12-10-44(11-13-45)30(47)18-6-8-43(9-7-18)31(48)19-15-39-16-19;2-1-3/h2-5,14,17-19,33,39H,6-13,15-16H2,1H3,(H,41,46);1H,(H,2,3). The predicted octanol–water partition coefficient (Wildman–Crippen LogP) is 3.32. The van der Waals surface area contributed by atoms with Crippen molar-refractivity contribution in [3.8, 4) is 17.0 Å². The first-order valence-electron chi connectivity index (χ1n) is 16.6. The van der Waals surface area contributed by atoms with Crippen LogP contribution in [0.2, 0.25) is 5.02 Å². The van der Waals surface area contributed by atoms with Crippen molar-refractivity contribution in [2.24, 2.45) is 18.9 Å². The summed E-state index contributed by atoms with van der Waals surface area (Å²) in [6.07, 6.45) is 2.37. The minimum atomic E-state index is -3.34. The van der Waals surface area contributed by atoms with Crippen molar-refractivity contribution in [1.82, 2.24) is 29.6 Å². The Labute approximate surface area is 305 Å². The number of nitrogens with zero attached hydrogens (tertiary/aromatic N) is 5. The molecule has 4 heterocycles. The van der Waals surface area contributed by atoms with Gasteiger partial charge in [0.15, 0.2) is 17.4 Å². The summed E-state index contributed by atoms with van der Waals surface area (Å²) in [5.41, 5.74) is 0.110. The van der Waals surface area contributed by atoms with E-state index >= 15 is 0 Å². The number of carboxylic acid groups (broad SMARTS) is 1. The molecule has 3 N–H and O–H groups in total.